The molecule has 2 rings (SSSR count). The highest BCUT2D eigenvalue weighted by molar-refractivity contribution is 5.47. The Balaban J connectivity index is 2.01. The normalized spacial score (nSPS) is 21.7. The second-order valence-electron chi connectivity index (χ2n) is 4.87. The van der Waals surface area contributed by atoms with Crippen molar-refractivity contribution >= 4 is 11.6 Å². The topological polar surface area (TPSA) is 59.1 Å². The fourth-order valence-electron chi connectivity index (χ4n) is 1.97. The van der Waals surface area contributed by atoms with Crippen molar-refractivity contribution in [3.05, 3.63) is 11.9 Å². The number of ether oxygens (including phenoxy) is 1. The second-order valence-corrected chi connectivity index (χ2v) is 4.87. The van der Waals surface area contributed by atoms with Gasteiger partial charge in [0.15, 0.2) is 5.82 Å². The van der Waals surface area contributed by atoms with Crippen LogP contribution in [0.1, 0.15) is 26.1 Å². The third kappa shape index (κ3) is 3.57. The molecule has 18 heavy (non-hydrogen) atoms. The number of nitrogens with one attached hydrogen (secondary N) is 2. The van der Waals surface area contributed by atoms with Crippen molar-refractivity contribution in [2.45, 2.75) is 26.9 Å². The summed E-state index contributed by atoms with van der Waals surface area (Å²) in [6.45, 7) is 6.62. The number of rotatable bonds is 7. The van der Waals surface area contributed by atoms with Gasteiger partial charge < -0.3 is 15.4 Å². The summed E-state index contributed by atoms with van der Waals surface area (Å²) in [4.78, 5) is 8.83. The molecule has 1 aliphatic carbocycles. The summed E-state index contributed by atoms with van der Waals surface area (Å²) >= 11 is 0. The first-order valence-electron chi connectivity index (χ1n) is 6.57. The van der Waals surface area contributed by atoms with Gasteiger partial charge in [0.05, 0.1) is 0 Å². The smallest absolute Gasteiger partial charge is 0.158 e. The average Bonchev–Trinajstić information content (AvgIpc) is 3.04. The van der Waals surface area contributed by atoms with Crippen LogP contribution in [0.25, 0.3) is 0 Å². The van der Waals surface area contributed by atoms with E-state index in [0.717, 1.165) is 36.6 Å². The van der Waals surface area contributed by atoms with Gasteiger partial charge >= 0.3 is 0 Å². The van der Waals surface area contributed by atoms with Gasteiger partial charge in [-0.25, -0.2) is 9.97 Å². The fraction of sp³-hybridized carbons (Fsp3) is 0.692. The summed E-state index contributed by atoms with van der Waals surface area (Å²) in [5.41, 5.74) is 0. The Kier molecular flexibility index (Phi) is 4.36. The molecule has 1 aromatic rings. The van der Waals surface area contributed by atoms with Crippen LogP contribution in [0.2, 0.25) is 0 Å². The highest BCUT2D eigenvalue weighted by Crippen LogP contribution is 2.37. The maximum atomic E-state index is 5.09. The van der Waals surface area contributed by atoms with Gasteiger partial charge in [0, 0.05) is 26.3 Å². The molecule has 1 heterocycles. The van der Waals surface area contributed by atoms with Crippen LogP contribution in [0.5, 0.6) is 0 Å². The standard InChI is InChI=1S/C13H22N4O/c1-4-14-11-6-12(15-7-10-5-9(10)2)17-13(16-11)8-18-3/h6,9-10H,4-5,7-8H2,1-3H3,(H2,14,15,16,17). The minimum absolute atomic E-state index is 0.438. The zero-order chi connectivity index (χ0) is 13.0. The lowest BCUT2D eigenvalue weighted by Gasteiger charge is -2.10. The Morgan fingerprint density at radius 3 is 2.56 bits per heavy atom. The van der Waals surface area contributed by atoms with Crippen molar-refractivity contribution in [3.63, 3.8) is 0 Å². The highest BCUT2D eigenvalue weighted by Gasteiger charge is 2.31. The van der Waals surface area contributed by atoms with Gasteiger partial charge in [-0.1, -0.05) is 6.92 Å². The molecule has 0 aliphatic heterocycles. The van der Waals surface area contributed by atoms with Crippen LogP contribution in [0.3, 0.4) is 0 Å². The second kappa shape index (κ2) is 6.00. The van der Waals surface area contributed by atoms with Gasteiger partial charge in [0.25, 0.3) is 0 Å². The number of anilines is 2. The molecule has 1 saturated carbocycles. The van der Waals surface area contributed by atoms with Crippen LogP contribution in [0.4, 0.5) is 11.6 Å². The van der Waals surface area contributed by atoms with E-state index in [1.807, 2.05) is 6.07 Å². The van der Waals surface area contributed by atoms with E-state index in [9.17, 15) is 0 Å². The van der Waals surface area contributed by atoms with Crippen molar-refractivity contribution in [2.75, 3.05) is 30.8 Å². The first kappa shape index (κ1) is 13.1. The Bertz CT molecular complexity index is 372. The largest absolute Gasteiger partial charge is 0.377 e. The van der Waals surface area contributed by atoms with Crippen molar-refractivity contribution in [2.24, 2.45) is 11.8 Å². The number of aromatic nitrogens is 2. The summed E-state index contributed by atoms with van der Waals surface area (Å²) in [7, 11) is 1.66. The molecule has 0 amide bonds. The predicted octanol–water partition coefficient (Wildman–Crippen LogP) is 2.12. The first-order chi connectivity index (χ1) is 8.72. The molecule has 1 fully saturated rings. The summed E-state index contributed by atoms with van der Waals surface area (Å²) in [5, 5.41) is 6.60. The maximum absolute atomic E-state index is 5.09. The molecular formula is C13H22N4O. The van der Waals surface area contributed by atoms with E-state index < -0.39 is 0 Å². The lowest BCUT2D eigenvalue weighted by atomic mass is 10.3. The maximum Gasteiger partial charge on any atom is 0.158 e. The molecular weight excluding hydrogens is 228 g/mol. The molecule has 2 N–H and O–H groups in total. The Labute approximate surface area is 108 Å². The van der Waals surface area contributed by atoms with Crippen LogP contribution in [0, 0.1) is 11.8 Å². The van der Waals surface area contributed by atoms with Crippen molar-refractivity contribution in [1.82, 2.24) is 9.97 Å². The zero-order valence-corrected chi connectivity index (χ0v) is 11.4. The number of nitrogens with zero attached hydrogens (tertiary/aromatic N) is 2. The molecule has 100 valence electrons. The zero-order valence-electron chi connectivity index (χ0n) is 11.4. The first-order valence-corrected chi connectivity index (χ1v) is 6.57. The number of hydrogen-bond acceptors (Lipinski definition) is 5. The molecule has 0 radical (unpaired) electrons. The van der Waals surface area contributed by atoms with Crippen molar-refractivity contribution in [3.8, 4) is 0 Å². The summed E-state index contributed by atoms with van der Waals surface area (Å²) < 4.78 is 5.09. The van der Waals surface area contributed by atoms with E-state index in [0.29, 0.717) is 12.4 Å². The average molecular weight is 250 g/mol. The molecule has 0 saturated heterocycles. The van der Waals surface area contributed by atoms with E-state index in [-0.39, 0.29) is 0 Å². The molecule has 0 bridgehead atoms. The van der Waals surface area contributed by atoms with E-state index in [1.165, 1.54) is 6.42 Å². The third-order valence-electron chi connectivity index (χ3n) is 3.23. The Morgan fingerprint density at radius 2 is 2.00 bits per heavy atom. The molecule has 0 spiro atoms. The van der Waals surface area contributed by atoms with Crippen LogP contribution in [-0.4, -0.2) is 30.2 Å². The van der Waals surface area contributed by atoms with E-state index in [2.05, 4.69) is 34.4 Å². The lowest BCUT2D eigenvalue weighted by Crippen LogP contribution is -2.10. The van der Waals surface area contributed by atoms with Crippen molar-refractivity contribution in [1.29, 1.82) is 0 Å². The van der Waals surface area contributed by atoms with Gasteiger partial charge in [-0.05, 0) is 25.2 Å². The molecule has 2 unspecified atom stereocenters. The molecule has 1 aliphatic rings. The van der Waals surface area contributed by atoms with Gasteiger partial charge in [-0.3, -0.25) is 0 Å². The van der Waals surface area contributed by atoms with Crippen LogP contribution in [-0.2, 0) is 11.3 Å². The SMILES string of the molecule is CCNc1cc(NCC2CC2C)nc(COC)n1. The van der Waals surface area contributed by atoms with Gasteiger partial charge in [0.2, 0.25) is 0 Å². The monoisotopic (exact) mass is 250 g/mol. The molecule has 2 atom stereocenters. The highest BCUT2D eigenvalue weighted by atomic mass is 16.5. The van der Waals surface area contributed by atoms with Crippen molar-refractivity contribution < 1.29 is 4.74 Å². The summed E-state index contributed by atoms with van der Waals surface area (Å²) in [6.07, 6.45) is 1.32. The fourth-order valence-corrected chi connectivity index (χ4v) is 1.97. The van der Waals surface area contributed by atoms with Crippen LogP contribution in [0.15, 0.2) is 6.07 Å². The van der Waals surface area contributed by atoms with E-state index in [1.54, 1.807) is 7.11 Å². The predicted molar refractivity (Wildman–Crippen MR) is 72.7 cm³/mol. The lowest BCUT2D eigenvalue weighted by molar-refractivity contribution is 0.178. The minimum atomic E-state index is 0.438. The molecule has 0 aromatic carbocycles. The van der Waals surface area contributed by atoms with Crippen LogP contribution < -0.4 is 10.6 Å². The summed E-state index contributed by atoms with van der Waals surface area (Å²) in [6, 6.07) is 1.95. The quantitative estimate of drug-likeness (QED) is 0.776. The van der Waals surface area contributed by atoms with Gasteiger partial charge in [-0.15, -0.1) is 0 Å². The van der Waals surface area contributed by atoms with Crippen LogP contribution >= 0.6 is 0 Å². The van der Waals surface area contributed by atoms with Gasteiger partial charge in [0.1, 0.15) is 18.2 Å². The van der Waals surface area contributed by atoms with E-state index >= 15 is 0 Å². The Morgan fingerprint density at radius 1 is 1.33 bits per heavy atom. The molecule has 1 aromatic heterocycles. The number of hydrogen-bond donors (Lipinski definition) is 2. The number of methoxy groups -OCH3 is 1. The summed E-state index contributed by atoms with van der Waals surface area (Å²) in [5.74, 6) is 4.10. The molecule has 5 heteroatoms. The third-order valence-corrected chi connectivity index (χ3v) is 3.23. The Hall–Kier alpha value is -1.36. The minimum Gasteiger partial charge on any atom is -0.377 e. The molecule has 5 nitrogen and oxygen atoms in total. The van der Waals surface area contributed by atoms with E-state index in [4.69, 9.17) is 4.74 Å². The van der Waals surface area contributed by atoms with Gasteiger partial charge in [-0.2, -0.15) is 0 Å².